The summed E-state index contributed by atoms with van der Waals surface area (Å²) >= 11 is 1.54. The number of fused-ring (bicyclic) bond motifs is 1. The highest BCUT2D eigenvalue weighted by molar-refractivity contribution is 7.13. The van der Waals surface area contributed by atoms with Crippen LogP contribution < -0.4 is 0 Å². The summed E-state index contributed by atoms with van der Waals surface area (Å²) in [7, 11) is 0. The van der Waals surface area contributed by atoms with Gasteiger partial charge in [-0.05, 0) is 24.0 Å². The van der Waals surface area contributed by atoms with Crippen LogP contribution in [0.3, 0.4) is 0 Å². The number of ketones is 1. The molecule has 3 heteroatoms. The molecule has 17 heavy (non-hydrogen) atoms. The Labute approximate surface area is 104 Å². The molecule has 0 bridgehead atoms. The zero-order valence-corrected chi connectivity index (χ0v) is 10.5. The van der Waals surface area contributed by atoms with Crippen molar-refractivity contribution < 1.29 is 4.79 Å². The Hall–Kier alpha value is -1.48. The molecule has 1 aromatic heterocycles. The van der Waals surface area contributed by atoms with E-state index in [2.05, 4.69) is 29.2 Å². The molecule has 0 amide bonds. The Kier molecular flexibility index (Phi) is 2.56. The van der Waals surface area contributed by atoms with Gasteiger partial charge in [0.2, 0.25) is 0 Å². The molecule has 0 fully saturated rings. The van der Waals surface area contributed by atoms with Crippen LogP contribution in [0.5, 0.6) is 0 Å². The molecule has 1 aliphatic rings. The highest BCUT2D eigenvalue weighted by Gasteiger charge is 2.26. The topological polar surface area (TPSA) is 30.0 Å². The molecule has 86 valence electrons. The second-order valence-electron chi connectivity index (χ2n) is 4.41. The normalized spacial score (nSPS) is 18.1. The van der Waals surface area contributed by atoms with Gasteiger partial charge in [0.05, 0.1) is 4.88 Å². The molecule has 0 saturated heterocycles. The maximum atomic E-state index is 11.3. The van der Waals surface area contributed by atoms with E-state index in [1.807, 2.05) is 0 Å². The van der Waals surface area contributed by atoms with E-state index in [1.54, 1.807) is 24.5 Å². The third kappa shape index (κ3) is 1.80. The van der Waals surface area contributed by atoms with E-state index in [-0.39, 0.29) is 5.78 Å². The lowest BCUT2D eigenvalue weighted by molar-refractivity contribution is 0.102. The summed E-state index contributed by atoms with van der Waals surface area (Å²) in [5, 5.41) is 1.08. The number of aromatic nitrogens is 1. The second kappa shape index (κ2) is 4.08. The first-order valence-electron chi connectivity index (χ1n) is 5.80. The number of nitrogens with zero attached hydrogens (tertiary/aromatic N) is 1. The van der Waals surface area contributed by atoms with Crippen molar-refractivity contribution in [1.82, 2.24) is 4.98 Å². The van der Waals surface area contributed by atoms with Gasteiger partial charge in [-0.2, -0.15) is 0 Å². The molecule has 1 unspecified atom stereocenters. The average Bonchev–Trinajstić information content (AvgIpc) is 2.95. The van der Waals surface area contributed by atoms with Crippen LogP contribution in [0.1, 0.15) is 45.1 Å². The van der Waals surface area contributed by atoms with Crippen molar-refractivity contribution in [3.8, 4) is 0 Å². The molecule has 1 aliphatic carbocycles. The number of rotatable bonds is 2. The average molecular weight is 243 g/mol. The molecule has 1 atom stereocenters. The van der Waals surface area contributed by atoms with Crippen LogP contribution in [0.15, 0.2) is 30.5 Å². The lowest BCUT2D eigenvalue weighted by Crippen LogP contribution is -1.94. The molecule has 1 aromatic carbocycles. The van der Waals surface area contributed by atoms with E-state index >= 15 is 0 Å². The summed E-state index contributed by atoms with van der Waals surface area (Å²) in [6.07, 6.45) is 3.95. The van der Waals surface area contributed by atoms with Gasteiger partial charge in [-0.1, -0.05) is 24.3 Å². The monoisotopic (exact) mass is 243 g/mol. The molecule has 0 aliphatic heterocycles. The maximum absolute atomic E-state index is 11.3. The van der Waals surface area contributed by atoms with Gasteiger partial charge in [0.25, 0.3) is 0 Å². The van der Waals surface area contributed by atoms with Crippen LogP contribution in [0.2, 0.25) is 0 Å². The van der Waals surface area contributed by atoms with E-state index in [9.17, 15) is 4.79 Å². The molecule has 2 nitrogen and oxygen atoms in total. The molecule has 0 saturated carbocycles. The molecule has 0 radical (unpaired) electrons. The summed E-state index contributed by atoms with van der Waals surface area (Å²) in [5.41, 5.74) is 2.81. The lowest BCUT2D eigenvalue weighted by atomic mass is 10.0. The van der Waals surface area contributed by atoms with Gasteiger partial charge in [-0.25, -0.2) is 4.98 Å². The number of aryl methyl sites for hydroxylation is 1. The van der Waals surface area contributed by atoms with Gasteiger partial charge in [0.1, 0.15) is 5.01 Å². The molecule has 3 rings (SSSR count). The van der Waals surface area contributed by atoms with E-state index < -0.39 is 0 Å². The summed E-state index contributed by atoms with van der Waals surface area (Å²) in [6, 6.07) is 8.54. The van der Waals surface area contributed by atoms with Gasteiger partial charge in [-0.15, -0.1) is 11.3 Å². The molecule has 1 heterocycles. The fourth-order valence-electron chi connectivity index (χ4n) is 2.43. The zero-order chi connectivity index (χ0) is 11.8. The molecule has 0 N–H and O–H groups in total. The van der Waals surface area contributed by atoms with E-state index in [0.29, 0.717) is 5.92 Å². The summed E-state index contributed by atoms with van der Waals surface area (Å²) in [6.45, 7) is 1.60. The van der Waals surface area contributed by atoms with Gasteiger partial charge in [0, 0.05) is 19.0 Å². The van der Waals surface area contributed by atoms with Crippen molar-refractivity contribution in [2.24, 2.45) is 0 Å². The SMILES string of the molecule is CC(=O)c1cnc(C2CCc3ccccc32)s1. The van der Waals surface area contributed by atoms with Crippen molar-refractivity contribution >= 4 is 17.1 Å². The first kappa shape index (κ1) is 10.7. The number of hydrogen-bond donors (Lipinski definition) is 0. The van der Waals surface area contributed by atoms with Gasteiger partial charge < -0.3 is 0 Å². The quantitative estimate of drug-likeness (QED) is 0.756. The maximum Gasteiger partial charge on any atom is 0.171 e. The number of Topliss-reactive ketones (excluding diaryl/α,β-unsaturated/α-hetero) is 1. The van der Waals surface area contributed by atoms with E-state index in [0.717, 1.165) is 22.7 Å². The molecule has 0 spiro atoms. The smallest absolute Gasteiger partial charge is 0.171 e. The van der Waals surface area contributed by atoms with Crippen LogP contribution in [-0.2, 0) is 6.42 Å². The van der Waals surface area contributed by atoms with Gasteiger partial charge in [0.15, 0.2) is 5.78 Å². The summed E-state index contributed by atoms with van der Waals surface area (Å²) < 4.78 is 0. The summed E-state index contributed by atoms with van der Waals surface area (Å²) in [5.74, 6) is 0.504. The minimum absolute atomic E-state index is 0.111. The van der Waals surface area contributed by atoms with Crippen molar-refractivity contribution in [3.63, 3.8) is 0 Å². The fraction of sp³-hybridized carbons (Fsp3) is 0.286. The van der Waals surface area contributed by atoms with E-state index in [4.69, 9.17) is 0 Å². The highest BCUT2D eigenvalue weighted by atomic mass is 32.1. The first-order chi connectivity index (χ1) is 8.25. The van der Waals surface area contributed by atoms with Crippen LogP contribution in [0, 0.1) is 0 Å². The van der Waals surface area contributed by atoms with Crippen LogP contribution in [0.4, 0.5) is 0 Å². The Morgan fingerprint density at radius 2 is 2.24 bits per heavy atom. The molecular formula is C14H13NOS. The third-order valence-electron chi connectivity index (χ3n) is 3.30. The minimum atomic E-state index is 0.111. The van der Waals surface area contributed by atoms with Crippen molar-refractivity contribution in [2.75, 3.05) is 0 Å². The van der Waals surface area contributed by atoms with E-state index in [1.165, 1.54) is 11.1 Å². The highest BCUT2D eigenvalue weighted by Crippen LogP contribution is 2.39. The van der Waals surface area contributed by atoms with Gasteiger partial charge >= 0.3 is 0 Å². The van der Waals surface area contributed by atoms with Gasteiger partial charge in [-0.3, -0.25) is 4.79 Å². The van der Waals surface area contributed by atoms with Crippen LogP contribution >= 0.6 is 11.3 Å². The fourth-order valence-corrected chi connectivity index (χ4v) is 3.39. The number of thiazole rings is 1. The van der Waals surface area contributed by atoms with Crippen molar-refractivity contribution in [3.05, 3.63) is 51.5 Å². The Morgan fingerprint density at radius 1 is 1.41 bits per heavy atom. The summed E-state index contributed by atoms with van der Waals surface area (Å²) in [4.78, 5) is 16.5. The number of benzene rings is 1. The third-order valence-corrected chi connectivity index (χ3v) is 4.51. The Balaban J connectivity index is 1.98. The lowest BCUT2D eigenvalue weighted by Gasteiger charge is -2.07. The number of hydrogen-bond acceptors (Lipinski definition) is 3. The number of carbonyl (C=O) groups is 1. The predicted octanol–water partition coefficient (Wildman–Crippen LogP) is 3.42. The second-order valence-corrected chi connectivity index (χ2v) is 5.47. The van der Waals surface area contributed by atoms with Crippen molar-refractivity contribution in [2.45, 2.75) is 25.7 Å². The predicted molar refractivity (Wildman–Crippen MR) is 68.7 cm³/mol. The minimum Gasteiger partial charge on any atom is -0.294 e. The Morgan fingerprint density at radius 3 is 3.00 bits per heavy atom. The van der Waals surface area contributed by atoms with Crippen LogP contribution in [-0.4, -0.2) is 10.8 Å². The standard InChI is InChI=1S/C14H13NOS/c1-9(16)13-8-15-14(17-13)12-7-6-10-4-2-3-5-11(10)12/h2-5,8,12H,6-7H2,1H3. The zero-order valence-electron chi connectivity index (χ0n) is 9.64. The van der Waals surface area contributed by atoms with Crippen LogP contribution in [0.25, 0.3) is 0 Å². The number of carbonyl (C=O) groups excluding carboxylic acids is 1. The first-order valence-corrected chi connectivity index (χ1v) is 6.62. The largest absolute Gasteiger partial charge is 0.294 e. The van der Waals surface area contributed by atoms with Crippen molar-refractivity contribution in [1.29, 1.82) is 0 Å². The molecular weight excluding hydrogens is 230 g/mol. The molecule has 2 aromatic rings. The Bertz CT molecular complexity index is 573.